The third-order valence-corrected chi connectivity index (χ3v) is 3.73. The lowest BCUT2D eigenvalue weighted by Gasteiger charge is -2.15. The van der Waals surface area contributed by atoms with Crippen LogP contribution in [0.25, 0.3) is 0 Å². The first kappa shape index (κ1) is 17.7. The molecule has 0 radical (unpaired) electrons. The fourth-order valence-corrected chi connectivity index (χ4v) is 2.34. The summed E-state index contributed by atoms with van der Waals surface area (Å²) in [6, 6.07) is 3.60. The van der Waals surface area contributed by atoms with Crippen LogP contribution in [0.3, 0.4) is 0 Å². The number of amides is 1. The second-order valence-electron chi connectivity index (χ2n) is 4.49. The number of hydrogen-bond donors (Lipinski definition) is 2. The van der Waals surface area contributed by atoms with Crippen LogP contribution in [0.1, 0.15) is 21.0 Å². The molecular weight excluding hydrogens is 288 g/mol. The molecule has 2 N–H and O–H groups in total. The Hall–Kier alpha value is -1.39. The Morgan fingerprint density at radius 3 is 3.00 bits per heavy atom. The number of aliphatic hydroxyl groups is 1. The highest BCUT2D eigenvalue weighted by Gasteiger charge is 2.08. The fourth-order valence-electron chi connectivity index (χ4n) is 1.54. The lowest BCUT2D eigenvalue weighted by Crippen LogP contribution is -2.34. The first-order chi connectivity index (χ1) is 10.2. The first-order valence-electron chi connectivity index (χ1n) is 6.82. The molecule has 0 saturated heterocycles. The maximum absolute atomic E-state index is 12.0. The van der Waals surface area contributed by atoms with Gasteiger partial charge in [0.15, 0.2) is 0 Å². The van der Waals surface area contributed by atoms with Crippen LogP contribution in [0.15, 0.2) is 12.1 Å². The second-order valence-corrected chi connectivity index (χ2v) is 5.58. The molecule has 0 aromatic carbocycles. The van der Waals surface area contributed by atoms with Crippen molar-refractivity contribution in [1.82, 2.24) is 10.2 Å². The molecule has 5 nitrogen and oxygen atoms in total. The van der Waals surface area contributed by atoms with Crippen molar-refractivity contribution in [2.45, 2.75) is 6.42 Å². The Balaban J connectivity index is 2.34. The maximum Gasteiger partial charge on any atom is 0.261 e. The van der Waals surface area contributed by atoms with Crippen molar-refractivity contribution in [2.24, 2.45) is 0 Å². The van der Waals surface area contributed by atoms with E-state index >= 15 is 0 Å². The summed E-state index contributed by atoms with van der Waals surface area (Å²) in [5.41, 5.74) is 0. The number of ether oxygens (including phenoxy) is 1. The zero-order chi connectivity index (χ0) is 15.5. The van der Waals surface area contributed by atoms with Crippen molar-refractivity contribution in [3.05, 3.63) is 21.9 Å². The molecule has 1 aromatic heterocycles. The van der Waals surface area contributed by atoms with Crippen LogP contribution < -0.4 is 5.32 Å². The third kappa shape index (κ3) is 7.25. The standard InChI is InChI=1S/C15H22N2O3S/c1-17(10-12-20-2)9-8-16-15(19)14-7-6-13(21-14)5-3-4-11-18/h6-7,18H,4,8-12H2,1-2H3,(H,16,19). The number of rotatable bonds is 8. The van der Waals surface area contributed by atoms with Gasteiger partial charge in [-0.3, -0.25) is 4.79 Å². The van der Waals surface area contributed by atoms with E-state index in [1.54, 1.807) is 13.2 Å². The molecule has 0 unspecified atom stereocenters. The lowest BCUT2D eigenvalue weighted by atomic mass is 10.4. The van der Waals surface area contributed by atoms with E-state index in [9.17, 15) is 4.79 Å². The van der Waals surface area contributed by atoms with E-state index in [2.05, 4.69) is 22.1 Å². The molecule has 0 bridgehead atoms. The van der Waals surface area contributed by atoms with Crippen LogP contribution in [0, 0.1) is 11.8 Å². The normalized spacial score (nSPS) is 10.3. The number of carbonyl (C=O) groups is 1. The summed E-state index contributed by atoms with van der Waals surface area (Å²) in [6.45, 7) is 2.97. The van der Waals surface area contributed by atoms with Gasteiger partial charge in [0.05, 0.1) is 23.0 Å². The van der Waals surface area contributed by atoms with Crippen molar-refractivity contribution < 1.29 is 14.6 Å². The van der Waals surface area contributed by atoms with Crippen LogP contribution in [-0.2, 0) is 4.74 Å². The van der Waals surface area contributed by atoms with Gasteiger partial charge in [0, 0.05) is 33.2 Å². The van der Waals surface area contributed by atoms with Crippen LogP contribution in [0.2, 0.25) is 0 Å². The predicted octanol–water partition coefficient (Wildman–Crippen LogP) is 0.790. The molecule has 21 heavy (non-hydrogen) atoms. The summed E-state index contributed by atoms with van der Waals surface area (Å²) in [4.78, 5) is 15.5. The predicted molar refractivity (Wildman–Crippen MR) is 84.6 cm³/mol. The SMILES string of the molecule is COCCN(C)CCNC(=O)c1ccc(C#CCCO)s1. The first-order valence-corrected chi connectivity index (χ1v) is 7.64. The molecule has 0 saturated carbocycles. The van der Waals surface area contributed by atoms with Gasteiger partial charge in [0.25, 0.3) is 5.91 Å². The van der Waals surface area contributed by atoms with Crippen molar-refractivity contribution in [3.8, 4) is 11.8 Å². The fraction of sp³-hybridized carbons (Fsp3) is 0.533. The van der Waals surface area contributed by atoms with E-state index in [0.29, 0.717) is 24.4 Å². The number of aliphatic hydroxyl groups excluding tert-OH is 1. The molecule has 0 aliphatic rings. The Kier molecular flexibility index (Phi) is 8.71. The number of methoxy groups -OCH3 is 1. The average Bonchev–Trinajstić information content (AvgIpc) is 2.94. The monoisotopic (exact) mass is 310 g/mol. The number of nitrogens with one attached hydrogen (secondary N) is 1. The molecule has 0 spiro atoms. The zero-order valence-electron chi connectivity index (χ0n) is 12.5. The highest BCUT2D eigenvalue weighted by molar-refractivity contribution is 7.14. The van der Waals surface area contributed by atoms with Crippen LogP contribution in [0.5, 0.6) is 0 Å². The molecule has 1 aromatic rings. The van der Waals surface area contributed by atoms with Crippen molar-refractivity contribution >= 4 is 17.2 Å². The molecule has 0 fully saturated rings. The minimum absolute atomic E-state index is 0.0578. The van der Waals surface area contributed by atoms with Gasteiger partial charge in [-0.05, 0) is 19.2 Å². The van der Waals surface area contributed by atoms with Gasteiger partial charge in [-0.2, -0.15) is 0 Å². The molecule has 0 aliphatic heterocycles. The van der Waals surface area contributed by atoms with Crippen molar-refractivity contribution in [2.75, 3.05) is 47.0 Å². The van der Waals surface area contributed by atoms with Gasteiger partial charge in [-0.15, -0.1) is 11.3 Å². The van der Waals surface area contributed by atoms with Gasteiger partial charge in [-0.25, -0.2) is 0 Å². The molecular formula is C15H22N2O3S. The summed E-state index contributed by atoms with van der Waals surface area (Å²) in [7, 11) is 3.67. The quantitative estimate of drug-likeness (QED) is 0.697. The minimum Gasteiger partial charge on any atom is -0.395 e. The number of likely N-dealkylation sites (N-methyl/N-ethyl adjacent to an activating group) is 1. The molecule has 1 heterocycles. The Morgan fingerprint density at radius 2 is 2.29 bits per heavy atom. The van der Waals surface area contributed by atoms with E-state index in [1.807, 2.05) is 13.1 Å². The van der Waals surface area contributed by atoms with E-state index in [4.69, 9.17) is 9.84 Å². The van der Waals surface area contributed by atoms with E-state index in [0.717, 1.165) is 18.0 Å². The number of thiophene rings is 1. The summed E-state index contributed by atoms with van der Waals surface area (Å²) in [5.74, 6) is 5.69. The average molecular weight is 310 g/mol. The summed E-state index contributed by atoms with van der Waals surface area (Å²) < 4.78 is 5.00. The van der Waals surface area contributed by atoms with Gasteiger partial charge in [0.1, 0.15) is 0 Å². The van der Waals surface area contributed by atoms with Gasteiger partial charge >= 0.3 is 0 Å². The molecule has 1 amide bonds. The number of carbonyl (C=O) groups excluding carboxylic acids is 1. The Labute approximate surface area is 129 Å². The maximum atomic E-state index is 12.0. The Morgan fingerprint density at radius 1 is 1.48 bits per heavy atom. The second kappa shape index (κ2) is 10.4. The minimum atomic E-state index is -0.0738. The molecule has 1 rings (SSSR count). The smallest absolute Gasteiger partial charge is 0.261 e. The zero-order valence-corrected chi connectivity index (χ0v) is 13.3. The summed E-state index contributed by atoms with van der Waals surface area (Å²) >= 11 is 1.36. The largest absolute Gasteiger partial charge is 0.395 e. The summed E-state index contributed by atoms with van der Waals surface area (Å²) in [5, 5.41) is 11.5. The van der Waals surface area contributed by atoms with Gasteiger partial charge in [-0.1, -0.05) is 11.8 Å². The molecule has 116 valence electrons. The Bertz CT molecular complexity index is 491. The lowest BCUT2D eigenvalue weighted by molar-refractivity contribution is 0.0951. The third-order valence-electron chi connectivity index (χ3n) is 2.73. The number of nitrogens with zero attached hydrogens (tertiary/aromatic N) is 1. The topological polar surface area (TPSA) is 61.8 Å². The molecule has 6 heteroatoms. The van der Waals surface area contributed by atoms with E-state index in [1.165, 1.54) is 11.3 Å². The highest BCUT2D eigenvalue weighted by atomic mass is 32.1. The molecule has 0 atom stereocenters. The van der Waals surface area contributed by atoms with Crippen molar-refractivity contribution in [3.63, 3.8) is 0 Å². The van der Waals surface area contributed by atoms with Gasteiger partial charge < -0.3 is 20.1 Å². The molecule has 0 aliphatic carbocycles. The van der Waals surface area contributed by atoms with Crippen LogP contribution in [0.4, 0.5) is 0 Å². The van der Waals surface area contributed by atoms with E-state index in [-0.39, 0.29) is 12.5 Å². The summed E-state index contributed by atoms with van der Waals surface area (Å²) in [6.07, 6.45) is 0.452. The van der Waals surface area contributed by atoms with Crippen LogP contribution >= 0.6 is 11.3 Å². The van der Waals surface area contributed by atoms with Crippen molar-refractivity contribution in [1.29, 1.82) is 0 Å². The number of hydrogen-bond acceptors (Lipinski definition) is 5. The highest BCUT2D eigenvalue weighted by Crippen LogP contribution is 2.15. The van der Waals surface area contributed by atoms with Crippen LogP contribution in [-0.4, -0.2) is 62.9 Å². The van der Waals surface area contributed by atoms with Gasteiger partial charge in [0.2, 0.25) is 0 Å². The van der Waals surface area contributed by atoms with E-state index < -0.39 is 0 Å².